The van der Waals surface area contributed by atoms with Crippen LogP contribution in [0.15, 0.2) is 66.7 Å². The second kappa shape index (κ2) is 8.22. The van der Waals surface area contributed by atoms with Crippen LogP contribution in [0.2, 0.25) is 0 Å². The lowest BCUT2D eigenvalue weighted by Gasteiger charge is -2.17. The van der Waals surface area contributed by atoms with E-state index in [2.05, 4.69) is 5.32 Å². The van der Waals surface area contributed by atoms with Crippen molar-refractivity contribution in [1.82, 2.24) is 5.32 Å². The van der Waals surface area contributed by atoms with Gasteiger partial charge < -0.3 is 19.7 Å². The lowest BCUT2D eigenvalue weighted by molar-refractivity contribution is -0.123. The summed E-state index contributed by atoms with van der Waals surface area (Å²) in [6, 6.07) is 20.7. The minimum absolute atomic E-state index is 0.0177. The molecule has 1 atom stereocenters. The molecule has 4 rings (SSSR count). The molecule has 1 fully saturated rings. The number of nitrogens with zero attached hydrogens (tertiary/aromatic N) is 1. The molecule has 6 heteroatoms. The Morgan fingerprint density at radius 3 is 2.52 bits per heavy atom. The monoisotopic (exact) mass is 390 g/mol. The Balaban J connectivity index is 1.31. The SMILES string of the molecule is COc1ccc(N2C[C@@H](NC(=O)COc3ccc4ccccc4c3)CC2=O)cc1. The number of carbonyl (C=O) groups is 2. The van der Waals surface area contributed by atoms with Crippen LogP contribution in [0.25, 0.3) is 10.8 Å². The number of anilines is 1. The van der Waals surface area contributed by atoms with Crippen molar-refractivity contribution in [3.8, 4) is 11.5 Å². The number of methoxy groups -OCH3 is 1. The average Bonchev–Trinajstić information content (AvgIpc) is 3.12. The Bertz CT molecular complexity index is 1030. The molecule has 1 aliphatic heterocycles. The zero-order valence-corrected chi connectivity index (χ0v) is 16.1. The molecule has 0 saturated carbocycles. The second-order valence-corrected chi connectivity index (χ2v) is 6.97. The zero-order chi connectivity index (χ0) is 20.2. The molecule has 1 N–H and O–H groups in total. The number of fused-ring (bicyclic) bond motifs is 1. The Kier molecular flexibility index (Phi) is 5.33. The Morgan fingerprint density at radius 2 is 1.76 bits per heavy atom. The van der Waals surface area contributed by atoms with E-state index in [1.807, 2.05) is 66.7 Å². The van der Waals surface area contributed by atoms with E-state index in [0.717, 1.165) is 22.2 Å². The summed E-state index contributed by atoms with van der Waals surface area (Å²) in [7, 11) is 1.60. The van der Waals surface area contributed by atoms with Gasteiger partial charge in [-0.1, -0.05) is 30.3 Å². The van der Waals surface area contributed by atoms with E-state index in [1.54, 1.807) is 12.0 Å². The first-order valence-electron chi connectivity index (χ1n) is 9.48. The number of hydrogen-bond donors (Lipinski definition) is 1. The summed E-state index contributed by atoms with van der Waals surface area (Å²) < 4.78 is 10.8. The molecule has 3 aromatic carbocycles. The Morgan fingerprint density at radius 1 is 1.03 bits per heavy atom. The maximum atomic E-state index is 12.3. The van der Waals surface area contributed by atoms with Crippen LogP contribution in [-0.4, -0.2) is 38.1 Å². The fourth-order valence-electron chi connectivity index (χ4n) is 3.49. The number of benzene rings is 3. The summed E-state index contributed by atoms with van der Waals surface area (Å²) in [5.41, 5.74) is 0.792. The van der Waals surface area contributed by atoms with E-state index in [4.69, 9.17) is 9.47 Å². The van der Waals surface area contributed by atoms with Gasteiger partial charge in [0.25, 0.3) is 5.91 Å². The van der Waals surface area contributed by atoms with Crippen LogP contribution < -0.4 is 19.7 Å². The van der Waals surface area contributed by atoms with Crippen molar-refractivity contribution in [3.63, 3.8) is 0 Å². The number of amides is 2. The molecule has 29 heavy (non-hydrogen) atoms. The zero-order valence-electron chi connectivity index (χ0n) is 16.1. The van der Waals surface area contributed by atoms with Crippen LogP contribution in [0.3, 0.4) is 0 Å². The first kappa shape index (κ1) is 18.8. The maximum absolute atomic E-state index is 12.3. The molecule has 1 heterocycles. The molecular formula is C23H22N2O4. The summed E-state index contributed by atoms with van der Waals surface area (Å²) in [6.45, 7) is 0.346. The van der Waals surface area contributed by atoms with Crippen molar-refractivity contribution >= 4 is 28.3 Å². The summed E-state index contributed by atoms with van der Waals surface area (Å²) >= 11 is 0. The highest BCUT2D eigenvalue weighted by molar-refractivity contribution is 5.97. The number of nitrogens with one attached hydrogen (secondary N) is 1. The van der Waals surface area contributed by atoms with Gasteiger partial charge in [-0.3, -0.25) is 9.59 Å². The highest BCUT2D eigenvalue weighted by atomic mass is 16.5. The average molecular weight is 390 g/mol. The van der Waals surface area contributed by atoms with Gasteiger partial charge in [0, 0.05) is 18.7 Å². The van der Waals surface area contributed by atoms with Crippen molar-refractivity contribution in [1.29, 1.82) is 0 Å². The van der Waals surface area contributed by atoms with Gasteiger partial charge in [0.1, 0.15) is 11.5 Å². The molecule has 3 aromatic rings. The first-order chi connectivity index (χ1) is 14.1. The standard InChI is InChI=1S/C23H22N2O4/c1-28-20-10-7-19(8-11-20)25-14-18(13-23(25)27)24-22(26)15-29-21-9-6-16-4-2-3-5-17(16)12-21/h2-12,18H,13-15H2,1H3,(H,24,26)/t18-/m0/s1. The number of carbonyl (C=O) groups excluding carboxylic acids is 2. The number of ether oxygens (including phenoxy) is 2. The van der Waals surface area contributed by atoms with Crippen LogP contribution in [-0.2, 0) is 9.59 Å². The number of rotatable bonds is 6. The van der Waals surface area contributed by atoms with E-state index in [9.17, 15) is 9.59 Å². The Hall–Kier alpha value is -3.54. The predicted molar refractivity (Wildman–Crippen MR) is 111 cm³/mol. The van der Waals surface area contributed by atoms with Gasteiger partial charge in [-0.05, 0) is 47.2 Å². The molecule has 1 aliphatic rings. The molecule has 0 aliphatic carbocycles. The number of hydrogen-bond acceptors (Lipinski definition) is 4. The van der Waals surface area contributed by atoms with E-state index in [1.165, 1.54) is 0 Å². The van der Waals surface area contributed by atoms with Crippen LogP contribution in [0.1, 0.15) is 6.42 Å². The van der Waals surface area contributed by atoms with Gasteiger partial charge in [0.2, 0.25) is 5.91 Å². The van der Waals surface area contributed by atoms with Gasteiger partial charge in [0.15, 0.2) is 6.61 Å². The van der Waals surface area contributed by atoms with Crippen LogP contribution >= 0.6 is 0 Å². The normalized spacial score (nSPS) is 16.1. The summed E-state index contributed by atoms with van der Waals surface area (Å²) in [5.74, 6) is 1.11. The highest BCUT2D eigenvalue weighted by Gasteiger charge is 2.31. The maximum Gasteiger partial charge on any atom is 0.258 e. The van der Waals surface area contributed by atoms with Gasteiger partial charge in [-0.15, -0.1) is 0 Å². The lowest BCUT2D eigenvalue weighted by atomic mass is 10.1. The van der Waals surface area contributed by atoms with Crippen LogP contribution in [0.5, 0.6) is 11.5 Å². The van der Waals surface area contributed by atoms with Gasteiger partial charge in [-0.25, -0.2) is 0 Å². The van der Waals surface area contributed by atoms with Crippen LogP contribution in [0, 0.1) is 0 Å². The third kappa shape index (κ3) is 4.32. The van der Waals surface area contributed by atoms with Crippen molar-refractivity contribution < 1.29 is 19.1 Å². The molecule has 2 amide bonds. The van der Waals surface area contributed by atoms with Gasteiger partial charge in [0.05, 0.1) is 13.2 Å². The molecule has 0 radical (unpaired) electrons. The minimum Gasteiger partial charge on any atom is -0.497 e. The molecule has 0 aromatic heterocycles. The predicted octanol–water partition coefficient (Wildman–Crippen LogP) is 3.15. The largest absolute Gasteiger partial charge is 0.497 e. The van der Waals surface area contributed by atoms with E-state index in [0.29, 0.717) is 12.3 Å². The third-order valence-corrected chi connectivity index (χ3v) is 4.97. The quantitative estimate of drug-likeness (QED) is 0.702. The summed E-state index contributed by atoms with van der Waals surface area (Å²) in [5, 5.41) is 5.06. The molecule has 0 spiro atoms. The van der Waals surface area contributed by atoms with Crippen LogP contribution in [0.4, 0.5) is 5.69 Å². The van der Waals surface area contributed by atoms with E-state index >= 15 is 0 Å². The molecule has 0 bridgehead atoms. The van der Waals surface area contributed by atoms with Crippen molar-refractivity contribution in [3.05, 3.63) is 66.7 Å². The van der Waals surface area contributed by atoms with E-state index in [-0.39, 0.29) is 30.9 Å². The highest BCUT2D eigenvalue weighted by Crippen LogP contribution is 2.24. The van der Waals surface area contributed by atoms with Gasteiger partial charge >= 0.3 is 0 Å². The fourth-order valence-corrected chi connectivity index (χ4v) is 3.49. The molecular weight excluding hydrogens is 368 g/mol. The second-order valence-electron chi connectivity index (χ2n) is 6.97. The van der Waals surface area contributed by atoms with Gasteiger partial charge in [-0.2, -0.15) is 0 Å². The lowest BCUT2D eigenvalue weighted by Crippen LogP contribution is -2.39. The Labute approximate surface area is 169 Å². The fraction of sp³-hybridized carbons (Fsp3) is 0.217. The summed E-state index contributed by atoms with van der Waals surface area (Å²) in [4.78, 5) is 26.3. The first-order valence-corrected chi connectivity index (χ1v) is 9.48. The van der Waals surface area contributed by atoms with Crippen molar-refractivity contribution in [2.75, 3.05) is 25.2 Å². The van der Waals surface area contributed by atoms with Crippen molar-refractivity contribution in [2.45, 2.75) is 12.5 Å². The molecule has 1 saturated heterocycles. The minimum atomic E-state index is -0.243. The van der Waals surface area contributed by atoms with Crippen molar-refractivity contribution in [2.24, 2.45) is 0 Å². The molecule has 0 unspecified atom stereocenters. The molecule has 6 nitrogen and oxygen atoms in total. The molecule has 148 valence electrons. The summed E-state index contributed by atoms with van der Waals surface area (Å²) in [6.07, 6.45) is 0.272. The van der Waals surface area contributed by atoms with E-state index < -0.39 is 0 Å². The third-order valence-electron chi connectivity index (χ3n) is 4.97. The topological polar surface area (TPSA) is 67.9 Å². The smallest absolute Gasteiger partial charge is 0.258 e.